The molecule has 110 valence electrons. The molecule has 0 aliphatic rings. The van der Waals surface area contributed by atoms with E-state index >= 15 is 0 Å². The molecule has 0 aliphatic heterocycles. The zero-order valence-electron chi connectivity index (χ0n) is 10.9. The monoisotopic (exact) mass is 296 g/mol. The fraction of sp³-hybridized carbons (Fsp3) is 0.133. The summed E-state index contributed by atoms with van der Waals surface area (Å²) >= 11 is 0. The number of aromatic carboxylic acids is 1. The minimum absolute atomic E-state index is 0.00744. The zero-order valence-corrected chi connectivity index (χ0v) is 10.9. The Kier molecular flexibility index (Phi) is 3.88. The molecule has 21 heavy (non-hydrogen) atoms. The average molecular weight is 296 g/mol. The second-order valence-corrected chi connectivity index (χ2v) is 4.30. The normalized spacial score (nSPS) is 11.2. The van der Waals surface area contributed by atoms with E-state index < -0.39 is 17.7 Å². The van der Waals surface area contributed by atoms with Gasteiger partial charge in [0.1, 0.15) is 5.75 Å². The number of rotatable bonds is 3. The predicted octanol–water partition coefficient (Wildman–Crippen LogP) is 4.08. The molecule has 2 aromatic carbocycles. The third-order valence-corrected chi connectivity index (χ3v) is 2.95. The SMILES string of the molecule is COc1ccc(C(F)(F)F)cc1-c1cccc(C(=O)O)c1. The van der Waals surface area contributed by atoms with Crippen LogP contribution in [0.25, 0.3) is 11.1 Å². The van der Waals surface area contributed by atoms with Crippen LogP contribution < -0.4 is 4.74 Å². The first-order valence-corrected chi connectivity index (χ1v) is 5.92. The summed E-state index contributed by atoms with van der Waals surface area (Å²) in [4.78, 5) is 11.0. The van der Waals surface area contributed by atoms with E-state index in [0.717, 1.165) is 12.1 Å². The molecule has 0 amide bonds. The molecular weight excluding hydrogens is 285 g/mol. The minimum Gasteiger partial charge on any atom is -0.496 e. The van der Waals surface area contributed by atoms with Crippen LogP contribution in [0, 0.1) is 0 Å². The summed E-state index contributed by atoms with van der Waals surface area (Å²) in [6.07, 6.45) is -4.48. The fourth-order valence-electron chi connectivity index (χ4n) is 1.93. The Balaban J connectivity index is 2.61. The smallest absolute Gasteiger partial charge is 0.416 e. The first-order valence-electron chi connectivity index (χ1n) is 5.92. The lowest BCUT2D eigenvalue weighted by molar-refractivity contribution is -0.137. The number of hydrogen-bond acceptors (Lipinski definition) is 2. The highest BCUT2D eigenvalue weighted by molar-refractivity contribution is 5.89. The third-order valence-electron chi connectivity index (χ3n) is 2.95. The lowest BCUT2D eigenvalue weighted by Gasteiger charge is -2.13. The third kappa shape index (κ3) is 3.16. The van der Waals surface area contributed by atoms with Crippen LogP contribution in [0.3, 0.4) is 0 Å². The van der Waals surface area contributed by atoms with Gasteiger partial charge in [-0.05, 0) is 35.9 Å². The van der Waals surface area contributed by atoms with Crippen LogP contribution >= 0.6 is 0 Å². The minimum atomic E-state index is -4.48. The molecule has 0 spiro atoms. The molecule has 3 nitrogen and oxygen atoms in total. The van der Waals surface area contributed by atoms with Crippen LogP contribution in [0.5, 0.6) is 5.75 Å². The molecule has 0 saturated carbocycles. The van der Waals surface area contributed by atoms with Crippen molar-refractivity contribution in [3.63, 3.8) is 0 Å². The van der Waals surface area contributed by atoms with Crippen LogP contribution in [0.2, 0.25) is 0 Å². The van der Waals surface area contributed by atoms with Crippen LogP contribution in [0.1, 0.15) is 15.9 Å². The van der Waals surface area contributed by atoms with Gasteiger partial charge in [-0.1, -0.05) is 12.1 Å². The topological polar surface area (TPSA) is 46.5 Å². The molecule has 0 heterocycles. The molecular formula is C15H11F3O3. The molecule has 1 N–H and O–H groups in total. The van der Waals surface area contributed by atoms with Gasteiger partial charge in [0, 0.05) is 5.56 Å². The summed E-state index contributed by atoms with van der Waals surface area (Å²) in [7, 11) is 1.34. The van der Waals surface area contributed by atoms with Crippen LogP contribution in [-0.4, -0.2) is 18.2 Å². The van der Waals surface area contributed by atoms with Gasteiger partial charge in [-0.3, -0.25) is 0 Å². The van der Waals surface area contributed by atoms with Crippen molar-refractivity contribution in [1.29, 1.82) is 0 Å². The number of hydrogen-bond donors (Lipinski definition) is 1. The molecule has 0 fully saturated rings. The van der Waals surface area contributed by atoms with Gasteiger partial charge in [0.05, 0.1) is 18.2 Å². The Morgan fingerprint density at radius 3 is 2.43 bits per heavy atom. The van der Waals surface area contributed by atoms with E-state index in [9.17, 15) is 18.0 Å². The van der Waals surface area contributed by atoms with E-state index in [1.807, 2.05) is 0 Å². The van der Waals surface area contributed by atoms with Gasteiger partial charge in [0.2, 0.25) is 0 Å². The molecule has 6 heteroatoms. The Morgan fingerprint density at radius 1 is 1.14 bits per heavy atom. The summed E-state index contributed by atoms with van der Waals surface area (Å²) in [5.74, 6) is -0.909. The van der Waals surface area contributed by atoms with Gasteiger partial charge >= 0.3 is 12.1 Å². The van der Waals surface area contributed by atoms with Crippen molar-refractivity contribution in [3.8, 4) is 16.9 Å². The number of methoxy groups -OCH3 is 1. The number of benzene rings is 2. The van der Waals surface area contributed by atoms with E-state index in [4.69, 9.17) is 9.84 Å². The van der Waals surface area contributed by atoms with Gasteiger partial charge in [-0.25, -0.2) is 4.79 Å². The van der Waals surface area contributed by atoms with Gasteiger partial charge in [0.25, 0.3) is 0 Å². The van der Waals surface area contributed by atoms with Crippen LogP contribution in [-0.2, 0) is 6.18 Å². The predicted molar refractivity (Wildman–Crippen MR) is 70.4 cm³/mol. The quantitative estimate of drug-likeness (QED) is 0.928. The number of carboxylic acid groups (broad SMARTS) is 1. The first-order chi connectivity index (χ1) is 9.82. The second-order valence-electron chi connectivity index (χ2n) is 4.30. The lowest BCUT2D eigenvalue weighted by atomic mass is 10.00. The van der Waals surface area contributed by atoms with Crippen molar-refractivity contribution in [2.24, 2.45) is 0 Å². The van der Waals surface area contributed by atoms with Crippen molar-refractivity contribution < 1.29 is 27.8 Å². The van der Waals surface area contributed by atoms with Crippen LogP contribution in [0.15, 0.2) is 42.5 Å². The Bertz CT molecular complexity index is 678. The van der Waals surface area contributed by atoms with Crippen LogP contribution in [0.4, 0.5) is 13.2 Å². The second kappa shape index (κ2) is 5.47. The molecule has 2 aromatic rings. The standard InChI is InChI=1S/C15H11F3O3/c1-21-13-6-5-11(15(16,17)18)8-12(13)9-3-2-4-10(7-9)14(19)20/h2-8H,1H3,(H,19,20). The molecule has 0 saturated heterocycles. The lowest BCUT2D eigenvalue weighted by Crippen LogP contribution is -2.05. The highest BCUT2D eigenvalue weighted by Gasteiger charge is 2.31. The van der Waals surface area contributed by atoms with E-state index in [1.54, 1.807) is 0 Å². The largest absolute Gasteiger partial charge is 0.496 e. The Morgan fingerprint density at radius 2 is 1.86 bits per heavy atom. The highest BCUT2D eigenvalue weighted by Crippen LogP contribution is 2.37. The van der Waals surface area contributed by atoms with Crippen molar-refractivity contribution in [3.05, 3.63) is 53.6 Å². The number of halogens is 3. The maximum absolute atomic E-state index is 12.8. The molecule has 0 unspecified atom stereocenters. The van der Waals surface area contributed by atoms with Crippen molar-refractivity contribution in [2.45, 2.75) is 6.18 Å². The fourth-order valence-corrected chi connectivity index (χ4v) is 1.93. The molecule has 2 rings (SSSR count). The maximum atomic E-state index is 12.8. The summed E-state index contributed by atoms with van der Waals surface area (Å²) in [6, 6.07) is 8.75. The van der Waals surface area contributed by atoms with Crippen molar-refractivity contribution >= 4 is 5.97 Å². The number of carbonyl (C=O) groups is 1. The molecule has 0 aliphatic carbocycles. The van der Waals surface area contributed by atoms with Gasteiger partial charge in [-0.15, -0.1) is 0 Å². The molecule has 0 aromatic heterocycles. The molecule has 0 atom stereocenters. The summed E-state index contributed by atoms with van der Waals surface area (Å²) in [5.41, 5.74) is -0.292. The number of ether oxygens (including phenoxy) is 1. The number of carboxylic acids is 1. The average Bonchev–Trinajstić information content (AvgIpc) is 2.45. The van der Waals surface area contributed by atoms with E-state index in [-0.39, 0.29) is 16.9 Å². The molecule has 0 bridgehead atoms. The maximum Gasteiger partial charge on any atom is 0.416 e. The van der Waals surface area contributed by atoms with Crippen molar-refractivity contribution in [1.82, 2.24) is 0 Å². The molecule has 0 radical (unpaired) electrons. The first kappa shape index (κ1) is 14.9. The van der Waals surface area contributed by atoms with Gasteiger partial charge in [-0.2, -0.15) is 13.2 Å². The highest BCUT2D eigenvalue weighted by atomic mass is 19.4. The van der Waals surface area contributed by atoms with Gasteiger partial charge in [0.15, 0.2) is 0 Å². The Hall–Kier alpha value is -2.50. The van der Waals surface area contributed by atoms with E-state index in [0.29, 0.717) is 5.56 Å². The summed E-state index contributed by atoms with van der Waals surface area (Å²) < 4.78 is 43.4. The zero-order chi connectivity index (χ0) is 15.6. The van der Waals surface area contributed by atoms with Crippen molar-refractivity contribution in [2.75, 3.05) is 7.11 Å². The van der Waals surface area contributed by atoms with E-state index in [1.165, 1.54) is 37.4 Å². The number of alkyl halides is 3. The Labute approximate surface area is 118 Å². The summed E-state index contributed by atoms with van der Waals surface area (Å²) in [5, 5.41) is 8.96. The van der Waals surface area contributed by atoms with Gasteiger partial charge < -0.3 is 9.84 Å². The summed E-state index contributed by atoms with van der Waals surface area (Å²) in [6.45, 7) is 0. The van der Waals surface area contributed by atoms with E-state index in [2.05, 4.69) is 0 Å².